The normalized spacial score (nSPS) is 33.9. The average Bonchev–Trinajstić information content (AvgIpc) is 3.73. The predicted molar refractivity (Wildman–Crippen MR) is 181 cm³/mol. The number of methoxy groups -OCH3 is 2. The Morgan fingerprint density at radius 2 is 2.02 bits per heavy atom. The molecule has 0 aliphatic carbocycles. The largest absolute Gasteiger partial charge is 0.495 e. The topological polar surface area (TPSA) is 130 Å². The molecule has 0 unspecified atom stereocenters. The maximum Gasteiger partial charge on any atom is 0.409 e. The van der Waals surface area contributed by atoms with Crippen molar-refractivity contribution in [3.8, 4) is 5.75 Å². The summed E-state index contributed by atoms with van der Waals surface area (Å²) in [5.41, 5.74) is -0.304. The number of rotatable bonds is 7. The number of ether oxygens (including phenoxy) is 4. The smallest absolute Gasteiger partial charge is 0.409 e. The van der Waals surface area contributed by atoms with Gasteiger partial charge in [-0.1, -0.05) is 49.1 Å². The number of ketones is 1. The first-order chi connectivity index (χ1) is 22.1. The molecule has 3 heterocycles. The lowest BCUT2D eigenvalue weighted by Gasteiger charge is -2.42. The number of allylic oxidation sites excluding steroid dienone is 3. The summed E-state index contributed by atoms with van der Waals surface area (Å²) in [4.78, 5) is 43.7. The van der Waals surface area contributed by atoms with Crippen LogP contribution in [0.15, 0.2) is 35.9 Å². The third-order valence-electron chi connectivity index (χ3n) is 10.1. The molecule has 3 aliphatic heterocycles. The van der Waals surface area contributed by atoms with Gasteiger partial charge in [0.15, 0.2) is 5.72 Å². The number of alkyl carbamates (subject to hydrolysis) is 1. The molecule has 2 amide bonds. The Morgan fingerprint density at radius 1 is 1.32 bits per heavy atom. The van der Waals surface area contributed by atoms with Crippen LogP contribution < -0.4 is 15.0 Å². The fourth-order valence-corrected chi connectivity index (χ4v) is 7.02. The molecular weight excluding hydrogens is 625 g/mol. The lowest BCUT2D eigenvalue weighted by molar-refractivity contribution is -0.142. The van der Waals surface area contributed by atoms with Crippen molar-refractivity contribution < 1.29 is 38.4 Å². The van der Waals surface area contributed by atoms with E-state index in [0.717, 1.165) is 11.1 Å². The van der Waals surface area contributed by atoms with Crippen LogP contribution in [-0.4, -0.2) is 99.1 Å². The van der Waals surface area contributed by atoms with Crippen LogP contribution >= 0.6 is 11.6 Å². The van der Waals surface area contributed by atoms with Gasteiger partial charge in [0.05, 0.1) is 30.5 Å². The van der Waals surface area contributed by atoms with Crippen molar-refractivity contribution in [1.82, 2.24) is 10.1 Å². The van der Waals surface area contributed by atoms with Crippen molar-refractivity contribution in [2.24, 2.45) is 11.8 Å². The number of amides is 2. The molecule has 1 aromatic carbocycles. The zero-order chi connectivity index (χ0) is 34.8. The molecule has 4 bridgehead atoms. The molecule has 11 nitrogen and oxygen atoms in total. The fraction of sp³-hybridized carbons (Fsp3) is 0.618. The number of nitrogens with one attached hydrogen (secondary N) is 1. The van der Waals surface area contributed by atoms with Gasteiger partial charge in [0.2, 0.25) is 13.3 Å². The summed E-state index contributed by atoms with van der Waals surface area (Å²) in [5, 5.41) is 14.5. The first-order valence-corrected chi connectivity index (χ1v) is 16.4. The molecule has 3 aliphatic rings. The van der Waals surface area contributed by atoms with E-state index >= 15 is 0 Å². The highest BCUT2D eigenvalue weighted by Crippen LogP contribution is 2.52. The summed E-state index contributed by atoms with van der Waals surface area (Å²) >= 11 is 6.76. The molecule has 2 saturated heterocycles. The number of fused-ring (bicyclic) bond motifs is 5. The van der Waals surface area contributed by atoms with Crippen LogP contribution in [0.2, 0.25) is 11.8 Å². The molecule has 13 heteroatoms. The zero-order valence-electron chi connectivity index (χ0n) is 28.8. The molecule has 1 radical (unpaired) electrons. The number of carbonyl (C=O) groups excluding carboxylic acids is 3. The molecular formula is C34H48BClN3O8. The van der Waals surface area contributed by atoms with Gasteiger partial charge in [0.1, 0.15) is 28.8 Å². The maximum atomic E-state index is 14.0. The van der Waals surface area contributed by atoms with E-state index < -0.39 is 47.7 Å². The number of epoxide rings is 1. The van der Waals surface area contributed by atoms with Gasteiger partial charge in [-0.15, -0.1) is 0 Å². The maximum absolute atomic E-state index is 14.0. The highest BCUT2D eigenvalue weighted by Gasteiger charge is 2.63. The molecule has 1 aromatic rings. The number of likely N-dealkylation sites (N-methyl/N-ethyl adjacent to an activating group) is 1. The summed E-state index contributed by atoms with van der Waals surface area (Å²) in [6, 6.07) is 3.29. The lowest BCUT2D eigenvalue weighted by atomic mass is 9.77. The second-order valence-corrected chi connectivity index (χ2v) is 13.6. The fourth-order valence-electron chi connectivity index (χ4n) is 6.71. The quantitative estimate of drug-likeness (QED) is 0.321. The van der Waals surface area contributed by atoms with E-state index in [1.165, 1.54) is 19.1 Å². The highest BCUT2D eigenvalue weighted by atomic mass is 35.5. The summed E-state index contributed by atoms with van der Waals surface area (Å²) in [7, 11) is 8.33. The van der Waals surface area contributed by atoms with E-state index in [1.807, 2.05) is 72.0 Å². The van der Waals surface area contributed by atoms with Crippen LogP contribution in [0, 0.1) is 11.8 Å². The van der Waals surface area contributed by atoms with Crippen molar-refractivity contribution in [3.05, 3.63) is 46.5 Å². The Kier molecular flexibility index (Phi) is 11.5. The Bertz CT molecular complexity index is 1420. The SMILES string of the molecule is C[B]N(C)[C@@H](C)C(=O)C[C@H]1CC(=O)N(C)c2cc(cc(OC)c2Cl)C/C(C)=C/C=C/[C@@H](OC)[C@@]2(O)C[C@H](OC(=O)N2)[C@@H](C)[C@@H]2O[C@@]12C. The number of anilines is 1. The van der Waals surface area contributed by atoms with Gasteiger partial charge in [-0.25, -0.2) is 4.79 Å². The van der Waals surface area contributed by atoms with Crippen molar-refractivity contribution in [3.63, 3.8) is 0 Å². The number of benzene rings is 1. The Balaban J connectivity index is 1.79. The molecule has 257 valence electrons. The summed E-state index contributed by atoms with van der Waals surface area (Å²) in [6.07, 6.45) is 3.16. The molecule has 4 rings (SSSR count). The van der Waals surface area contributed by atoms with E-state index in [-0.39, 0.29) is 36.9 Å². The third kappa shape index (κ3) is 7.89. The molecule has 8 atom stereocenters. The number of carbonyl (C=O) groups is 3. The molecule has 0 aromatic heterocycles. The van der Waals surface area contributed by atoms with Crippen LogP contribution in [-0.2, 0) is 30.2 Å². The molecule has 0 saturated carbocycles. The zero-order valence-corrected chi connectivity index (χ0v) is 29.6. The number of aliphatic hydroxyl groups is 1. The Hall–Kier alpha value is -2.90. The number of halogens is 1. The van der Waals surface area contributed by atoms with Gasteiger partial charge in [0.25, 0.3) is 0 Å². The molecule has 2 fully saturated rings. The van der Waals surface area contributed by atoms with Gasteiger partial charge in [-0.2, -0.15) is 0 Å². The summed E-state index contributed by atoms with van der Waals surface area (Å²) < 4.78 is 23.3. The van der Waals surface area contributed by atoms with E-state index in [2.05, 4.69) is 5.32 Å². The van der Waals surface area contributed by atoms with Crippen molar-refractivity contribution in [2.75, 3.05) is 33.2 Å². The summed E-state index contributed by atoms with van der Waals surface area (Å²) in [5.74, 6) is -0.730. The molecule has 0 spiro atoms. The predicted octanol–water partition coefficient (Wildman–Crippen LogP) is 4.32. The molecule has 2 N–H and O–H groups in total. The lowest BCUT2D eigenvalue weighted by Crippen LogP contribution is -2.63. The van der Waals surface area contributed by atoms with Crippen LogP contribution in [0.3, 0.4) is 0 Å². The van der Waals surface area contributed by atoms with E-state index in [9.17, 15) is 19.5 Å². The number of hydrogen-bond acceptors (Lipinski definition) is 9. The van der Waals surface area contributed by atoms with E-state index in [0.29, 0.717) is 22.9 Å². The third-order valence-corrected chi connectivity index (χ3v) is 10.5. The van der Waals surface area contributed by atoms with Crippen molar-refractivity contribution in [2.45, 2.75) is 95.9 Å². The number of nitrogens with zero attached hydrogens (tertiary/aromatic N) is 2. The first kappa shape index (κ1) is 36.9. The van der Waals surface area contributed by atoms with Crippen molar-refractivity contribution >= 4 is 42.5 Å². The average molecular weight is 673 g/mol. The van der Waals surface area contributed by atoms with Crippen molar-refractivity contribution in [1.29, 1.82) is 0 Å². The van der Waals surface area contributed by atoms with Crippen LogP contribution in [0.25, 0.3) is 0 Å². The number of hydrogen-bond donors (Lipinski definition) is 2. The van der Waals surface area contributed by atoms with Gasteiger partial charge in [-0.05, 0) is 51.9 Å². The van der Waals surface area contributed by atoms with Gasteiger partial charge >= 0.3 is 6.09 Å². The molecule has 47 heavy (non-hydrogen) atoms. The standard InChI is InChI=1S/C34H48BClN3O8/c1-19-11-10-12-28(45-9)34(43)18-27(46-32(42)37-34)20(2)31-33(4,47-31)23(16-25(40)21(3)39(7)35-5)17-29(41)38(6)24-14-22(13-19)15-26(44-8)30(24)36/h10-12,14-15,20-21,23,27-28,31,43H,13,16-18H2,1-9H3,(H,37,42)/b12-10+,19-11+/t20-,21+,23+,27+,28-,31+,33+,34+/m1/s1. The van der Waals surface area contributed by atoms with Gasteiger partial charge < -0.3 is 33.8 Å². The Labute approximate surface area is 283 Å². The second-order valence-electron chi connectivity index (χ2n) is 13.3. The van der Waals surface area contributed by atoms with Crippen LogP contribution in [0.1, 0.15) is 52.5 Å². The van der Waals surface area contributed by atoms with Crippen LogP contribution in [0.5, 0.6) is 5.75 Å². The monoisotopic (exact) mass is 672 g/mol. The number of Topliss-reactive ketones (excluding diaryl/α,β-unsaturated/α-hetero) is 1. The minimum Gasteiger partial charge on any atom is -0.495 e. The van der Waals surface area contributed by atoms with Crippen LogP contribution in [0.4, 0.5) is 10.5 Å². The first-order valence-electron chi connectivity index (χ1n) is 16.0. The second kappa shape index (κ2) is 14.7. The highest BCUT2D eigenvalue weighted by molar-refractivity contribution is 6.35. The Morgan fingerprint density at radius 3 is 2.66 bits per heavy atom. The van der Waals surface area contributed by atoms with E-state index in [4.69, 9.17) is 30.5 Å². The van der Waals surface area contributed by atoms with E-state index in [1.54, 1.807) is 19.2 Å². The van der Waals surface area contributed by atoms with Gasteiger partial charge in [0, 0.05) is 45.3 Å². The van der Waals surface area contributed by atoms with Gasteiger partial charge in [-0.3, -0.25) is 14.9 Å². The minimum absolute atomic E-state index is 0.00164. The summed E-state index contributed by atoms with van der Waals surface area (Å²) in [6.45, 7) is 9.43. The minimum atomic E-state index is -1.75.